The number of aryl methyl sites for hydroxylation is 1. The number of carbonyl (C=O) groups is 1. The van der Waals surface area contributed by atoms with Crippen molar-refractivity contribution in [2.45, 2.75) is 51.6 Å². The van der Waals surface area contributed by atoms with Gasteiger partial charge < -0.3 is 10.6 Å². The molecule has 5 nitrogen and oxygen atoms in total. The summed E-state index contributed by atoms with van der Waals surface area (Å²) in [4.78, 5) is 21.2. The molecule has 5 heteroatoms. The van der Waals surface area contributed by atoms with E-state index in [-0.39, 0.29) is 11.9 Å². The van der Waals surface area contributed by atoms with Gasteiger partial charge in [0, 0.05) is 18.3 Å². The van der Waals surface area contributed by atoms with Crippen molar-refractivity contribution < 1.29 is 4.79 Å². The van der Waals surface area contributed by atoms with Crippen molar-refractivity contribution in [3.05, 3.63) is 53.3 Å². The summed E-state index contributed by atoms with van der Waals surface area (Å²) < 4.78 is 0. The van der Waals surface area contributed by atoms with Gasteiger partial charge in [0.1, 0.15) is 5.69 Å². The second-order valence-electron chi connectivity index (χ2n) is 6.37. The van der Waals surface area contributed by atoms with Crippen LogP contribution in [0.1, 0.15) is 53.8 Å². The van der Waals surface area contributed by atoms with E-state index in [0.717, 1.165) is 24.1 Å². The average molecular weight is 324 g/mol. The third kappa shape index (κ3) is 4.54. The van der Waals surface area contributed by atoms with Gasteiger partial charge in [-0.05, 0) is 31.4 Å². The molecule has 0 bridgehead atoms. The first-order valence-electron chi connectivity index (χ1n) is 8.65. The van der Waals surface area contributed by atoms with Crippen LogP contribution >= 0.6 is 0 Å². The summed E-state index contributed by atoms with van der Waals surface area (Å²) in [6.45, 7) is 2.51. The van der Waals surface area contributed by atoms with E-state index in [1.54, 1.807) is 6.07 Å². The molecule has 1 amide bonds. The van der Waals surface area contributed by atoms with Gasteiger partial charge in [-0.1, -0.05) is 49.6 Å². The molecule has 1 aromatic carbocycles. The number of hydrogen-bond donors (Lipinski definition) is 2. The third-order valence-corrected chi connectivity index (χ3v) is 4.32. The molecule has 1 aliphatic carbocycles. The first kappa shape index (κ1) is 16.4. The lowest BCUT2D eigenvalue weighted by Gasteiger charge is -2.22. The highest BCUT2D eigenvalue weighted by atomic mass is 16.1. The number of amides is 1. The maximum absolute atomic E-state index is 12.5. The molecule has 1 fully saturated rings. The molecule has 0 unspecified atom stereocenters. The van der Waals surface area contributed by atoms with E-state index in [2.05, 4.69) is 20.6 Å². The summed E-state index contributed by atoms with van der Waals surface area (Å²) in [6.07, 6.45) is 5.78. The Morgan fingerprint density at radius 3 is 2.62 bits per heavy atom. The van der Waals surface area contributed by atoms with Crippen molar-refractivity contribution in [3.63, 3.8) is 0 Å². The standard InChI is InChI=1S/C19H24N4O/c1-14-12-17(18(24)22-16-10-6-3-7-11-16)23-19(21-14)20-13-15-8-4-2-5-9-15/h2,4-5,8-9,12,16H,3,6-7,10-11,13H2,1H3,(H,22,24)(H,20,21,23). The molecule has 1 saturated carbocycles. The summed E-state index contributed by atoms with van der Waals surface area (Å²) in [5.41, 5.74) is 2.37. The van der Waals surface area contributed by atoms with Gasteiger partial charge in [0.05, 0.1) is 0 Å². The number of anilines is 1. The van der Waals surface area contributed by atoms with Crippen LogP contribution in [0.15, 0.2) is 36.4 Å². The van der Waals surface area contributed by atoms with Crippen LogP contribution in [0.25, 0.3) is 0 Å². The molecule has 1 aromatic heterocycles. The van der Waals surface area contributed by atoms with Crippen molar-refractivity contribution in [2.75, 3.05) is 5.32 Å². The first-order chi connectivity index (χ1) is 11.7. The van der Waals surface area contributed by atoms with Crippen molar-refractivity contribution in [3.8, 4) is 0 Å². The zero-order valence-electron chi connectivity index (χ0n) is 14.1. The second kappa shape index (κ2) is 7.90. The number of rotatable bonds is 5. The summed E-state index contributed by atoms with van der Waals surface area (Å²) >= 11 is 0. The molecule has 24 heavy (non-hydrogen) atoms. The van der Waals surface area contributed by atoms with E-state index >= 15 is 0 Å². The summed E-state index contributed by atoms with van der Waals surface area (Å²) in [5, 5.41) is 6.30. The van der Waals surface area contributed by atoms with Crippen LogP contribution in [0.3, 0.4) is 0 Å². The summed E-state index contributed by atoms with van der Waals surface area (Å²) in [6, 6.07) is 12.1. The number of nitrogens with zero attached hydrogens (tertiary/aromatic N) is 2. The minimum Gasteiger partial charge on any atom is -0.350 e. The lowest BCUT2D eigenvalue weighted by Crippen LogP contribution is -2.36. The van der Waals surface area contributed by atoms with E-state index in [9.17, 15) is 4.79 Å². The molecule has 3 rings (SSSR count). The van der Waals surface area contributed by atoms with Gasteiger partial charge >= 0.3 is 0 Å². The quantitative estimate of drug-likeness (QED) is 0.884. The van der Waals surface area contributed by atoms with Gasteiger partial charge in [-0.2, -0.15) is 0 Å². The van der Waals surface area contributed by atoms with Crippen molar-refractivity contribution in [2.24, 2.45) is 0 Å². The minimum absolute atomic E-state index is 0.102. The summed E-state index contributed by atoms with van der Waals surface area (Å²) in [5.74, 6) is 0.391. The largest absolute Gasteiger partial charge is 0.350 e. The molecule has 1 heterocycles. The van der Waals surface area contributed by atoms with Gasteiger partial charge in [-0.25, -0.2) is 9.97 Å². The first-order valence-corrected chi connectivity index (χ1v) is 8.65. The Morgan fingerprint density at radius 1 is 1.12 bits per heavy atom. The van der Waals surface area contributed by atoms with Gasteiger partial charge in [0.2, 0.25) is 5.95 Å². The van der Waals surface area contributed by atoms with Crippen molar-refractivity contribution in [1.82, 2.24) is 15.3 Å². The molecule has 0 spiro atoms. The highest BCUT2D eigenvalue weighted by Crippen LogP contribution is 2.18. The average Bonchev–Trinajstić information content (AvgIpc) is 2.61. The highest BCUT2D eigenvalue weighted by Gasteiger charge is 2.18. The van der Waals surface area contributed by atoms with E-state index in [1.807, 2.05) is 37.3 Å². The fraction of sp³-hybridized carbons (Fsp3) is 0.421. The Kier molecular flexibility index (Phi) is 5.41. The minimum atomic E-state index is -0.102. The van der Waals surface area contributed by atoms with Crippen LogP contribution < -0.4 is 10.6 Å². The molecule has 0 saturated heterocycles. The van der Waals surface area contributed by atoms with Crippen molar-refractivity contribution in [1.29, 1.82) is 0 Å². The van der Waals surface area contributed by atoms with E-state index in [1.165, 1.54) is 19.3 Å². The molecule has 1 aliphatic rings. The van der Waals surface area contributed by atoms with E-state index < -0.39 is 0 Å². The lowest BCUT2D eigenvalue weighted by atomic mass is 9.95. The van der Waals surface area contributed by atoms with Gasteiger partial charge in [0.15, 0.2) is 0 Å². The van der Waals surface area contributed by atoms with Crippen LogP contribution in [0.5, 0.6) is 0 Å². The number of carbonyl (C=O) groups excluding carboxylic acids is 1. The van der Waals surface area contributed by atoms with Gasteiger partial charge in [-0.15, -0.1) is 0 Å². The van der Waals surface area contributed by atoms with Crippen LogP contribution in [-0.2, 0) is 6.54 Å². The lowest BCUT2D eigenvalue weighted by molar-refractivity contribution is 0.0922. The highest BCUT2D eigenvalue weighted by molar-refractivity contribution is 5.92. The smallest absolute Gasteiger partial charge is 0.270 e. The SMILES string of the molecule is Cc1cc(C(=O)NC2CCCCC2)nc(NCc2ccccc2)n1. The van der Waals surface area contributed by atoms with E-state index in [4.69, 9.17) is 0 Å². The van der Waals surface area contributed by atoms with Crippen LogP contribution in [-0.4, -0.2) is 21.9 Å². The Hall–Kier alpha value is -2.43. The number of hydrogen-bond acceptors (Lipinski definition) is 4. The number of aromatic nitrogens is 2. The van der Waals surface area contributed by atoms with Gasteiger partial charge in [0.25, 0.3) is 5.91 Å². The Morgan fingerprint density at radius 2 is 1.88 bits per heavy atom. The monoisotopic (exact) mass is 324 g/mol. The molecule has 0 aliphatic heterocycles. The second-order valence-corrected chi connectivity index (χ2v) is 6.37. The number of benzene rings is 1. The maximum Gasteiger partial charge on any atom is 0.270 e. The van der Waals surface area contributed by atoms with Crippen LogP contribution in [0.2, 0.25) is 0 Å². The Balaban J connectivity index is 1.65. The Labute approximate surface area is 142 Å². The van der Waals surface area contributed by atoms with Gasteiger partial charge in [-0.3, -0.25) is 4.79 Å². The fourth-order valence-electron chi connectivity index (χ4n) is 3.05. The zero-order chi connectivity index (χ0) is 16.8. The summed E-state index contributed by atoms with van der Waals surface area (Å²) in [7, 11) is 0. The zero-order valence-corrected chi connectivity index (χ0v) is 14.1. The maximum atomic E-state index is 12.5. The molecule has 126 valence electrons. The normalized spacial score (nSPS) is 15.0. The topological polar surface area (TPSA) is 66.9 Å². The molecule has 2 N–H and O–H groups in total. The molecule has 2 aromatic rings. The Bertz CT molecular complexity index is 681. The van der Waals surface area contributed by atoms with Crippen molar-refractivity contribution >= 4 is 11.9 Å². The molecular formula is C19H24N4O. The molecule has 0 atom stereocenters. The number of nitrogens with one attached hydrogen (secondary N) is 2. The predicted octanol–water partition coefficient (Wildman–Crippen LogP) is 3.46. The fourth-order valence-corrected chi connectivity index (χ4v) is 3.05. The third-order valence-electron chi connectivity index (χ3n) is 4.32. The van der Waals surface area contributed by atoms with E-state index in [0.29, 0.717) is 18.2 Å². The van der Waals surface area contributed by atoms with Crippen LogP contribution in [0, 0.1) is 6.92 Å². The molecular weight excluding hydrogens is 300 g/mol. The predicted molar refractivity (Wildman–Crippen MR) is 94.9 cm³/mol. The van der Waals surface area contributed by atoms with Crippen LogP contribution in [0.4, 0.5) is 5.95 Å². The molecule has 0 radical (unpaired) electrons.